The molecule has 0 saturated carbocycles. The summed E-state index contributed by atoms with van der Waals surface area (Å²) in [5.74, 6) is 0.792. The zero-order valence-corrected chi connectivity index (χ0v) is 11.4. The summed E-state index contributed by atoms with van der Waals surface area (Å²) >= 11 is 3.15. The number of thioether (sulfide) groups is 1. The Bertz CT molecular complexity index is 529. The zero-order valence-electron chi connectivity index (χ0n) is 8.92. The van der Waals surface area contributed by atoms with Crippen molar-refractivity contribution in [1.29, 1.82) is 5.26 Å². The number of nitriles is 1. The van der Waals surface area contributed by atoms with Gasteiger partial charge in [0.15, 0.2) is 0 Å². The van der Waals surface area contributed by atoms with Crippen LogP contribution in [-0.4, -0.2) is 0 Å². The molecule has 0 aliphatic rings. The van der Waals surface area contributed by atoms with Gasteiger partial charge < -0.3 is 5.73 Å². The van der Waals surface area contributed by atoms with E-state index in [2.05, 4.69) is 6.07 Å². The molecule has 88 valence electrons. The van der Waals surface area contributed by atoms with E-state index in [0.29, 0.717) is 0 Å². The van der Waals surface area contributed by atoms with Crippen LogP contribution in [0.2, 0.25) is 0 Å². The van der Waals surface area contributed by atoms with E-state index in [1.807, 2.05) is 35.7 Å². The van der Waals surface area contributed by atoms with Gasteiger partial charge in [-0.1, -0.05) is 12.1 Å². The first-order valence-electron chi connectivity index (χ1n) is 4.75. The lowest BCUT2D eigenvalue weighted by atomic mass is 10.3. The van der Waals surface area contributed by atoms with Gasteiger partial charge in [0, 0.05) is 16.3 Å². The smallest absolute Gasteiger partial charge is 0.110 e. The summed E-state index contributed by atoms with van der Waals surface area (Å²) in [5.41, 5.74) is 7.72. The number of nitrogen functional groups attached to an aromatic ring is 1. The standard InChI is InChI=1S/C12H10N2S2.ClH/c13-7-12-9(5-6-15-12)8-16-11-4-2-1-3-10(11)14;/h1-6H,8,14H2;1H. The molecule has 17 heavy (non-hydrogen) atoms. The molecule has 0 unspecified atom stereocenters. The molecule has 0 radical (unpaired) electrons. The van der Waals surface area contributed by atoms with Crippen LogP contribution in [0, 0.1) is 11.3 Å². The Morgan fingerprint density at radius 1 is 1.29 bits per heavy atom. The van der Waals surface area contributed by atoms with Gasteiger partial charge in [0.25, 0.3) is 0 Å². The number of hydrogen-bond acceptors (Lipinski definition) is 4. The van der Waals surface area contributed by atoms with Crippen molar-refractivity contribution in [2.24, 2.45) is 0 Å². The van der Waals surface area contributed by atoms with E-state index in [-0.39, 0.29) is 12.4 Å². The SMILES string of the molecule is Cl.N#Cc1sccc1CSc1ccccc1N. The van der Waals surface area contributed by atoms with Crippen LogP contribution in [0.5, 0.6) is 0 Å². The quantitative estimate of drug-likeness (QED) is 0.686. The highest BCUT2D eigenvalue weighted by Crippen LogP contribution is 2.29. The lowest BCUT2D eigenvalue weighted by molar-refractivity contribution is 1.39. The van der Waals surface area contributed by atoms with Crippen LogP contribution >= 0.6 is 35.5 Å². The van der Waals surface area contributed by atoms with E-state index in [4.69, 9.17) is 11.0 Å². The molecule has 0 atom stereocenters. The highest BCUT2D eigenvalue weighted by molar-refractivity contribution is 7.98. The molecule has 0 aliphatic carbocycles. The summed E-state index contributed by atoms with van der Waals surface area (Å²) < 4.78 is 0. The molecule has 0 saturated heterocycles. The van der Waals surface area contributed by atoms with Crippen molar-refractivity contribution in [2.45, 2.75) is 10.6 Å². The van der Waals surface area contributed by atoms with E-state index in [9.17, 15) is 0 Å². The normalized spacial score (nSPS) is 9.35. The predicted octanol–water partition coefficient (Wildman–Crippen LogP) is 3.92. The molecular weight excluding hydrogens is 272 g/mol. The number of rotatable bonds is 3. The number of anilines is 1. The van der Waals surface area contributed by atoms with E-state index < -0.39 is 0 Å². The Hall–Kier alpha value is -1.15. The van der Waals surface area contributed by atoms with Gasteiger partial charge in [-0.2, -0.15) is 5.26 Å². The van der Waals surface area contributed by atoms with E-state index in [0.717, 1.165) is 26.8 Å². The second kappa shape index (κ2) is 6.55. The van der Waals surface area contributed by atoms with Gasteiger partial charge in [-0.3, -0.25) is 0 Å². The predicted molar refractivity (Wildman–Crippen MR) is 76.7 cm³/mol. The van der Waals surface area contributed by atoms with Crippen LogP contribution in [0.25, 0.3) is 0 Å². The number of thiophene rings is 1. The molecule has 0 amide bonds. The number of para-hydroxylation sites is 1. The second-order valence-electron chi connectivity index (χ2n) is 3.21. The Morgan fingerprint density at radius 3 is 2.76 bits per heavy atom. The number of hydrogen-bond donors (Lipinski definition) is 1. The van der Waals surface area contributed by atoms with Crippen molar-refractivity contribution in [1.82, 2.24) is 0 Å². The average molecular weight is 283 g/mol. The number of benzene rings is 1. The lowest BCUT2D eigenvalue weighted by Gasteiger charge is -2.03. The molecule has 1 aromatic heterocycles. The fraction of sp³-hybridized carbons (Fsp3) is 0.0833. The van der Waals surface area contributed by atoms with Gasteiger partial charge in [0.1, 0.15) is 10.9 Å². The third-order valence-corrected chi connectivity index (χ3v) is 4.15. The van der Waals surface area contributed by atoms with Crippen molar-refractivity contribution >= 4 is 41.2 Å². The molecule has 2 rings (SSSR count). The Kier molecular flexibility index (Phi) is 5.36. The van der Waals surface area contributed by atoms with Crippen LogP contribution < -0.4 is 5.73 Å². The van der Waals surface area contributed by atoms with Crippen molar-refractivity contribution < 1.29 is 0 Å². The Balaban J connectivity index is 0.00000144. The van der Waals surface area contributed by atoms with E-state index >= 15 is 0 Å². The van der Waals surface area contributed by atoms with E-state index in [1.54, 1.807) is 11.8 Å². The largest absolute Gasteiger partial charge is 0.398 e. The summed E-state index contributed by atoms with van der Waals surface area (Å²) in [7, 11) is 0. The van der Waals surface area contributed by atoms with Crippen LogP contribution in [0.4, 0.5) is 5.69 Å². The molecule has 1 aromatic carbocycles. The first-order chi connectivity index (χ1) is 7.81. The van der Waals surface area contributed by atoms with Gasteiger partial charge in [-0.05, 0) is 29.1 Å². The fourth-order valence-corrected chi connectivity index (χ4v) is 3.08. The third-order valence-electron chi connectivity index (χ3n) is 2.15. The van der Waals surface area contributed by atoms with Gasteiger partial charge >= 0.3 is 0 Å². The maximum Gasteiger partial charge on any atom is 0.110 e. The third kappa shape index (κ3) is 3.40. The Morgan fingerprint density at radius 2 is 2.06 bits per heavy atom. The van der Waals surface area contributed by atoms with Crippen LogP contribution in [0.3, 0.4) is 0 Å². The minimum atomic E-state index is 0. The van der Waals surface area contributed by atoms with Gasteiger partial charge in [-0.25, -0.2) is 0 Å². The number of halogens is 1. The maximum atomic E-state index is 8.89. The average Bonchev–Trinajstić information content (AvgIpc) is 2.75. The van der Waals surface area contributed by atoms with Crippen molar-refractivity contribution in [3.8, 4) is 6.07 Å². The van der Waals surface area contributed by atoms with E-state index in [1.165, 1.54) is 11.3 Å². The van der Waals surface area contributed by atoms with Gasteiger partial charge in [-0.15, -0.1) is 35.5 Å². The van der Waals surface area contributed by atoms with Crippen LogP contribution in [-0.2, 0) is 5.75 Å². The first kappa shape index (κ1) is 13.9. The molecule has 2 nitrogen and oxygen atoms in total. The summed E-state index contributed by atoms with van der Waals surface area (Å²) in [6.45, 7) is 0. The summed E-state index contributed by atoms with van der Waals surface area (Å²) in [4.78, 5) is 1.86. The summed E-state index contributed by atoms with van der Waals surface area (Å²) in [6, 6.07) is 12.0. The molecular formula is C12H11ClN2S2. The van der Waals surface area contributed by atoms with Crippen molar-refractivity contribution in [2.75, 3.05) is 5.73 Å². The first-order valence-corrected chi connectivity index (χ1v) is 6.61. The zero-order chi connectivity index (χ0) is 11.4. The Labute approximate surface area is 115 Å². The molecule has 0 spiro atoms. The lowest BCUT2D eigenvalue weighted by Crippen LogP contribution is -1.88. The van der Waals surface area contributed by atoms with Gasteiger partial charge in [0.2, 0.25) is 0 Å². The van der Waals surface area contributed by atoms with Crippen molar-refractivity contribution in [3.05, 3.63) is 46.2 Å². The number of nitrogens with zero attached hydrogens (tertiary/aromatic N) is 1. The number of nitrogens with two attached hydrogens (primary N) is 1. The monoisotopic (exact) mass is 282 g/mol. The minimum absolute atomic E-state index is 0. The molecule has 0 bridgehead atoms. The van der Waals surface area contributed by atoms with Crippen LogP contribution in [0.1, 0.15) is 10.4 Å². The minimum Gasteiger partial charge on any atom is -0.398 e. The molecule has 2 N–H and O–H groups in total. The summed E-state index contributed by atoms with van der Waals surface area (Å²) in [6.07, 6.45) is 0. The molecule has 5 heteroatoms. The van der Waals surface area contributed by atoms with Crippen molar-refractivity contribution in [3.63, 3.8) is 0 Å². The highest BCUT2D eigenvalue weighted by atomic mass is 35.5. The van der Waals surface area contributed by atoms with Crippen LogP contribution in [0.15, 0.2) is 40.6 Å². The topological polar surface area (TPSA) is 49.8 Å². The molecule has 0 aliphatic heterocycles. The molecule has 0 fully saturated rings. The van der Waals surface area contributed by atoms with Gasteiger partial charge in [0.05, 0.1) is 0 Å². The maximum absolute atomic E-state index is 8.89. The second-order valence-corrected chi connectivity index (χ2v) is 5.15. The summed E-state index contributed by atoms with van der Waals surface area (Å²) in [5, 5.41) is 10.8. The molecule has 1 heterocycles. The highest BCUT2D eigenvalue weighted by Gasteiger charge is 2.05. The molecule has 2 aromatic rings. The fourth-order valence-electron chi connectivity index (χ4n) is 1.31.